The van der Waals surface area contributed by atoms with Crippen molar-refractivity contribution in [3.8, 4) is 11.6 Å². The third-order valence-corrected chi connectivity index (χ3v) is 4.16. The summed E-state index contributed by atoms with van der Waals surface area (Å²) in [5, 5.41) is 7.20. The number of hydrogen-bond donors (Lipinski definition) is 1. The Hall–Kier alpha value is -3.36. The average molecular weight is 404 g/mol. The molecule has 0 aliphatic carbocycles. The minimum absolute atomic E-state index is 0.110. The van der Waals surface area contributed by atoms with Crippen molar-refractivity contribution in [3.63, 3.8) is 0 Å². The molecular weight excluding hydrogens is 385 g/mol. The first-order valence-corrected chi connectivity index (χ1v) is 8.79. The second kappa shape index (κ2) is 8.34. The SMILES string of the molecule is Cc1nn(-c2ccccc2)c(C)c1C(=O)NCc1ccnc(OCC(F)(F)F)c1. The molecule has 0 bridgehead atoms. The molecule has 0 unspecified atom stereocenters. The van der Waals surface area contributed by atoms with E-state index in [1.165, 1.54) is 12.3 Å². The number of carbonyl (C=O) groups excluding carboxylic acids is 1. The molecule has 2 aromatic heterocycles. The first-order chi connectivity index (χ1) is 13.7. The molecule has 0 fully saturated rings. The minimum Gasteiger partial charge on any atom is -0.468 e. The third kappa shape index (κ3) is 5.13. The highest BCUT2D eigenvalue weighted by molar-refractivity contribution is 5.96. The van der Waals surface area contributed by atoms with Crippen LogP contribution in [-0.4, -0.2) is 33.5 Å². The van der Waals surface area contributed by atoms with Crippen LogP contribution < -0.4 is 10.1 Å². The van der Waals surface area contributed by atoms with E-state index in [9.17, 15) is 18.0 Å². The zero-order valence-corrected chi connectivity index (χ0v) is 15.8. The van der Waals surface area contributed by atoms with Crippen LogP contribution in [0, 0.1) is 13.8 Å². The molecule has 0 radical (unpaired) electrons. The molecule has 9 heteroatoms. The first-order valence-electron chi connectivity index (χ1n) is 8.79. The summed E-state index contributed by atoms with van der Waals surface area (Å²) in [4.78, 5) is 16.4. The Labute approximate surface area is 165 Å². The number of para-hydroxylation sites is 1. The maximum absolute atomic E-state index is 12.7. The smallest absolute Gasteiger partial charge is 0.422 e. The molecule has 2 heterocycles. The lowest BCUT2D eigenvalue weighted by atomic mass is 10.1. The van der Waals surface area contributed by atoms with E-state index in [2.05, 4.69) is 20.1 Å². The van der Waals surface area contributed by atoms with Gasteiger partial charge in [0.1, 0.15) is 0 Å². The van der Waals surface area contributed by atoms with Gasteiger partial charge in [0, 0.05) is 18.8 Å². The molecule has 0 saturated heterocycles. The maximum Gasteiger partial charge on any atom is 0.422 e. The van der Waals surface area contributed by atoms with E-state index >= 15 is 0 Å². The average Bonchev–Trinajstić information content (AvgIpc) is 2.99. The standard InChI is InChI=1S/C20H19F3N4O2/c1-13-18(14(2)27(26-13)16-6-4-3-5-7-16)19(28)25-11-15-8-9-24-17(10-15)29-12-20(21,22)23/h3-10H,11-12H2,1-2H3,(H,25,28). The quantitative estimate of drug-likeness (QED) is 0.679. The number of pyridine rings is 1. The van der Waals surface area contributed by atoms with Gasteiger partial charge in [0.2, 0.25) is 5.88 Å². The molecule has 1 amide bonds. The van der Waals surface area contributed by atoms with Crippen LogP contribution in [-0.2, 0) is 6.54 Å². The van der Waals surface area contributed by atoms with Crippen LogP contribution in [0.5, 0.6) is 5.88 Å². The molecular formula is C20H19F3N4O2. The van der Waals surface area contributed by atoms with E-state index in [0.717, 1.165) is 5.69 Å². The molecule has 6 nitrogen and oxygen atoms in total. The van der Waals surface area contributed by atoms with Gasteiger partial charge in [-0.05, 0) is 37.6 Å². The number of nitrogens with zero attached hydrogens (tertiary/aromatic N) is 3. The zero-order chi connectivity index (χ0) is 21.0. The van der Waals surface area contributed by atoms with Gasteiger partial charge in [-0.2, -0.15) is 18.3 Å². The number of rotatable bonds is 6. The summed E-state index contributed by atoms with van der Waals surface area (Å²) in [5.74, 6) is -0.477. The van der Waals surface area contributed by atoms with E-state index in [4.69, 9.17) is 0 Å². The molecule has 1 N–H and O–H groups in total. The summed E-state index contributed by atoms with van der Waals surface area (Å²) < 4.78 is 43.1. The van der Waals surface area contributed by atoms with Crippen LogP contribution in [0.3, 0.4) is 0 Å². The highest BCUT2D eigenvalue weighted by Gasteiger charge is 2.28. The fourth-order valence-electron chi connectivity index (χ4n) is 2.86. The Kier molecular flexibility index (Phi) is 5.86. The Morgan fingerprint density at radius 1 is 1.17 bits per heavy atom. The number of carbonyl (C=O) groups is 1. The Morgan fingerprint density at radius 3 is 2.59 bits per heavy atom. The van der Waals surface area contributed by atoms with Crippen molar-refractivity contribution in [1.82, 2.24) is 20.1 Å². The van der Waals surface area contributed by atoms with Gasteiger partial charge in [-0.25, -0.2) is 9.67 Å². The fourth-order valence-corrected chi connectivity index (χ4v) is 2.86. The molecule has 0 atom stereocenters. The number of benzene rings is 1. The normalized spacial score (nSPS) is 11.3. The largest absolute Gasteiger partial charge is 0.468 e. The number of aryl methyl sites for hydroxylation is 1. The second-order valence-electron chi connectivity index (χ2n) is 6.38. The molecule has 1 aromatic carbocycles. The Morgan fingerprint density at radius 2 is 1.90 bits per heavy atom. The fraction of sp³-hybridized carbons (Fsp3) is 0.250. The zero-order valence-electron chi connectivity index (χ0n) is 15.8. The van der Waals surface area contributed by atoms with E-state index in [0.29, 0.717) is 22.5 Å². The minimum atomic E-state index is -4.44. The summed E-state index contributed by atoms with van der Waals surface area (Å²) in [6, 6.07) is 12.4. The van der Waals surface area contributed by atoms with Gasteiger partial charge < -0.3 is 10.1 Å². The lowest BCUT2D eigenvalue weighted by Gasteiger charge is -2.10. The molecule has 0 saturated carbocycles. The molecule has 0 spiro atoms. The molecule has 29 heavy (non-hydrogen) atoms. The van der Waals surface area contributed by atoms with Crippen molar-refractivity contribution in [1.29, 1.82) is 0 Å². The van der Waals surface area contributed by atoms with E-state index in [1.807, 2.05) is 30.3 Å². The van der Waals surface area contributed by atoms with Crippen molar-refractivity contribution >= 4 is 5.91 Å². The molecule has 152 valence electrons. The Balaban J connectivity index is 1.70. The summed E-state index contributed by atoms with van der Waals surface area (Å²) in [6.45, 7) is 2.24. The van der Waals surface area contributed by atoms with Crippen LogP contribution in [0.4, 0.5) is 13.2 Å². The van der Waals surface area contributed by atoms with E-state index < -0.39 is 12.8 Å². The monoisotopic (exact) mass is 404 g/mol. The molecule has 3 rings (SSSR count). The molecule has 0 aliphatic heterocycles. The third-order valence-electron chi connectivity index (χ3n) is 4.16. The van der Waals surface area contributed by atoms with Crippen molar-refractivity contribution in [2.75, 3.05) is 6.61 Å². The van der Waals surface area contributed by atoms with Crippen LogP contribution in [0.15, 0.2) is 48.7 Å². The first kappa shape index (κ1) is 20.4. The van der Waals surface area contributed by atoms with Crippen molar-refractivity contribution in [3.05, 3.63) is 71.2 Å². The number of nitrogens with one attached hydrogen (secondary N) is 1. The van der Waals surface area contributed by atoms with E-state index in [1.54, 1.807) is 24.6 Å². The lowest BCUT2D eigenvalue weighted by Crippen LogP contribution is -2.24. The highest BCUT2D eigenvalue weighted by atomic mass is 19.4. The molecule has 3 aromatic rings. The summed E-state index contributed by atoms with van der Waals surface area (Å²) >= 11 is 0. The van der Waals surface area contributed by atoms with E-state index in [-0.39, 0.29) is 18.3 Å². The lowest BCUT2D eigenvalue weighted by molar-refractivity contribution is -0.154. The number of halogens is 3. The van der Waals surface area contributed by atoms with Crippen LogP contribution in [0.25, 0.3) is 5.69 Å². The summed E-state index contributed by atoms with van der Waals surface area (Å²) in [7, 11) is 0. The van der Waals surface area contributed by atoms with Gasteiger partial charge in [-0.1, -0.05) is 18.2 Å². The van der Waals surface area contributed by atoms with Crippen molar-refractivity contribution < 1.29 is 22.7 Å². The van der Waals surface area contributed by atoms with Crippen LogP contribution in [0.2, 0.25) is 0 Å². The second-order valence-corrected chi connectivity index (χ2v) is 6.38. The molecule has 0 aliphatic rings. The van der Waals surface area contributed by atoms with Crippen molar-refractivity contribution in [2.24, 2.45) is 0 Å². The summed E-state index contributed by atoms with van der Waals surface area (Å²) in [5.41, 5.74) is 3.13. The maximum atomic E-state index is 12.7. The number of alkyl halides is 3. The van der Waals surface area contributed by atoms with Crippen LogP contribution in [0.1, 0.15) is 27.3 Å². The van der Waals surface area contributed by atoms with Gasteiger partial charge in [-0.15, -0.1) is 0 Å². The van der Waals surface area contributed by atoms with Crippen molar-refractivity contribution in [2.45, 2.75) is 26.6 Å². The Bertz CT molecular complexity index is 1000. The number of amides is 1. The van der Waals surface area contributed by atoms with Gasteiger partial charge >= 0.3 is 6.18 Å². The predicted octanol–water partition coefficient (Wildman–Crippen LogP) is 3.76. The number of ether oxygens (including phenoxy) is 1. The summed E-state index contributed by atoms with van der Waals surface area (Å²) in [6.07, 6.45) is -3.11. The van der Waals surface area contributed by atoms with Gasteiger partial charge in [-0.3, -0.25) is 4.79 Å². The predicted molar refractivity (Wildman–Crippen MR) is 100.0 cm³/mol. The topological polar surface area (TPSA) is 69.0 Å². The van der Waals surface area contributed by atoms with Gasteiger partial charge in [0.05, 0.1) is 22.6 Å². The van der Waals surface area contributed by atoms with Gasteiger partial charge in [0.25, 0.3) is 5.91 Å². The number of aromatic nitrogens is 3. The highest BCUT2D eigenvalue weighted by Crippen LogP contribution is 2.19. The number of hydrogen-bond acceptors (Lipinski definition) is 4. The van der Waals surface area contributed by atoms with Gasteiger partial charge in [0.15, 0.2) is 6.61 Å². The van der Waals surface area contributed by atoms with Crippen LogP contribution >= 0.6 is 0 Å².